The van der Waals surface area contributed by atoms with Crippen molar-refractivity contribution in [1.29, 1.82) is 0 Å². The molecule has 1 aromatic carbocycles. The minimum absolute atomic E-state index is 0.0212. The molecule has 1 unspecified atom stereocenters. The van der Waals surface area contributed by atoms with Gasteiger partial charge >= 0.3 is 0 Å². The maximum absolute atomic E-state index is 9.05. The van der Waals surface area contributed by atoms with Gasteiger partial charge in [-0.1, -0.05) is 12.1 Å². The Hall–Kier alpha value is -1.10. The van der Waals surface area contributed by atoms with Crippen LogP contribution in [-0.2, 0) is 11.3 Å². The van der Waals surface area contributed by atoms with Crippen molar-refractivity contribution >= 4 is 0 Å². The van der Waals surface area contributed by atoms with Gasteiger partial charge in [-0.15, -0.1) is 0 Å². The number of aliphatic hydroxyl groups excluding tert-OH is 1. The Morgan fingerprint density at radius 2 is 1.94 bits per heavy atom. The second-order valence-corrected chi connectivity index (χ2v) is 3.56. The molecule has 16 heavy (non-hydrogen) atoms. The molecule has 4 heteroatoms. The van der Waals surface area contributed by atoms with Gasteiger partial charge in [0.15, 0.2) is 0 Å². The minimum atomic E-state index is -0.0212. The molecular weight excluding hydrogens is 206 g/mol. The largest absolute Gasteiger partial charge is 0.497 e. The van der Waals surface area contributed by atoms with E-state index in [9.17, 15) is 0 Å². The SMILES string of the molecule is COCC(CO)NCc1ccc(OC)cc1. The van der Waals surface area contributed by atoms with Crippen molar-refractivity contribution in [2.24, 2.45) is 0 Å². The first-order chi connectivity index (χ1) is 7.80. The molecule has 90 valence electrons. The van der Waals surface area contributed by atoms with Crippen molar-refractivity contribution in [2.75, 3.05) is 27.4 Å². The van der Waals surface area contributed by atoms with Crippen LogP contribution in [0, 0.1) is 0 Å². The zero-order valence-electron chi connectivity index (χ0n) is 9.77. The second-order valence-electron chi connectivity index (χ2n) is 3.56. The molecule has 0 aliphatic carbocycles. The van der Waals surface area contributed by atoms with Crippen LogP contribution < -0.4 is 10.1 Å². The number of ether oxygens (including phenoxy) is 2. The van der Waals surface area contributed by atoms with E-state index < -0.39 is 0 Å². The second kappa shape index (κ2) is 7.22. The quantitative estimate of drug-likeness (QED) is 0.720. The summed E-state index contributed by atoms with van der Waals surface area (Å²) in [7, 11) is 3.27. The van der Waals surface area contributed by atoms with Crippen LogP contribution in [0.4, 0.5) is 0 Å². The number of methoxy groups -OCH3 is 2. The molecule has 0 aliphatic heterocycles. The van der Waals surface area contributed by atoms with Gasteiger partial charge in [0.2, 0.25) is 0 Å². The molecular formula is C12H19NO3. The van der Waals surface area contributed by atoms with E-state index in [1.54, 1.807) is 14.2 Å². The highest BCUT2D eigenvalue weighted by Crippen LogP contribution is 2.10. The first kappa shape index (κ1) is 13.0. The maximum Gasteiger partial charge on any atom is 0.118 e. The summed E-state index contributed by atoms with van der Waals surface area (Å²) >= 11 is 0. The Bertz CT molecular complexity index is 287. The van der Waals surface area contributed by atoms with Gasteiger partial charge in [-0.2, -0.15) is 0 Å². The highest BCUT2D eigenvalue weighted by atomic mass is 16.5. The molecule has 0 spiro atoms. The highest BCUT2D eigenvalue weighted by Gasteiger charge is 2.05. The van der Waals surface area contributed by atoms with Crippen molar-refractivity contribution < 1.29 is 14.6 Å². The summed E-state index contributed by atoms with van der Waals surface area (Å²) in [6.45, 7) is 1.29. The zero-order valence-corrected chi connectivity index (χ0v) is 9.77. The van der Waals surface area contributed by atoms with Crippen LogP contribution in [0.2, 0.25) is 0 Å². The van der Waals surface area contributed by atoms with E-state index >= 15 is 0 Å². The van der Waals surface area contributed by atoms with E-state index in [4.69, 9.17) is 14.6 Å². The lowest BCUT2D eigenvalue weighted by Crippen LogP contribution is -2.35. The minimum Gasteiger partial charge on any atom is -0.497 e. The van der Waals surface area contributed by atoms with Gasteiger partial charge < -0.3 is 19.9 Å². The Kier molecular flexibility index (Phi) is 5.85. The van der Waals surface area contributed by atoms with E-state index in [1.165, 1.54) is 0 Å². The number of benzene rings is 1. The van der Waals surface area contributed by atoms with Crippen LogP contribution in [0.25, 0.3) is 0 Å². The number of aliphatic hydroxyl groups is 1. The summed E-state index contributed by atoms with van der Waals surface area (Å²) in [5, 5.41) is 12.3. The number of hydrogen-bond acceptors (Lipinski definition) is 4. The van der Waals surface area contributed by atoms with E-state index in [0.717, 1.165) is 11.3 Å². The fourth-order valence-corrected chi connectivity index (χ4v) is 1.38. The predicted molar refractivity (Wildman–Crippen MR) is 62.6 cm³/mol. The molecule has 4 nitrogen and oxygen atoms in total. The summed E-state index contributed by atoms with van der Waals surface area (Å²) in [6, 6.07) is 7.80. The summed E-state index contributed by atoms with van der Waals surface area (Å²) < 4.78 is 10.1. The smallest absolute Gasteiger partial charge is 0.118 e. The molecule has 0 aromatic heterocycles. The monoisotopic (exact) mass is 225 g/mol. The van der Waals surface area contributed by atoms with Crippen molar-refractivity contribution in [3.05, 3.63) is 29.8 Å². The van der Waals surface area contributed by atoms with Crippen molar-refractivity contribution in [1.82, 2.24) is 5.32 Å². The molecule has 0 aliphatic rings. The third-order valence-corrected chi connectivity index (χ3v) is 2.34. The van der Waals surface area contributed by atoms with E-state index in [2.05, 4.69) is 5.32 Å². The summed E-state index contributed by atoms with van der Waals surface area (Å²) in [6.07, 6.45) is 0. The fraction of sp³-hybridized carbons (Fsp3) is 0.500. The molecule has 1 rings (SSSR count). The first-order valence-electron chi connectivity index (χ1n) is 5.26. The first-order valence-corrected chi connectivity index (χ1v) is 5.26. The molecule has 2 N–H and O–H groups in total. The standard InChI is InChI=1S/C12H19NO3/c1-15-9-11(8-14)13-7-10-3-5-12(16-2)6-4-10/h3-6,11,13-14H,7-9H2,1-2H3. The van der Waals surface area contributed by atoms with Gasteiger partial charge in [0.25, 0.3) is 0 Å². The maximum atomic E-state index is 9.05. The van der Waals surface area contributed by atoms with Crippen molar-refractivity contribution in [3.63, 3.8) is 0 Å². The van der Waals surface area contributed by atoms with Crippen LogP contribution in [0.5, 0.6) is 5.75 Å². The Balaban J connectivity index is 2.40. The average molecular weight is 225 g/mol. The molecule has 0 radical (unpaired) electrons. The topological polar surface area (TPSA) is 50.7 Å². The van der Waals surface area contributed by atoms with Gasteiger partial charge in [-0.25, -0.2) is 0 Å². The molecule has 0 bridgehead atoms. The molecule has 0 heterocycles. The van der Waals surface area contributed by atoms with Crippen LogP contribution in [-0.4, -0.2) is 38.6 Å². The van der Waals surface area contributed by atoms with E-state index in [1.807, 2.05) is 24.3 Å². The summed E-state index contributed by atoms with van der Waals surface area (Å²) in [4.78, 5) is 0. The van der Waals surface area contributed by atoms with Gasteiger partial charge in [-0.3, -0.25) is 0 Å². The molecule has 1 aromatic rings. The van der Waals surface area contributed by atoms with Crippen LogP contribution >= 0.6 is 0 Å². The molecule has 0 saturated carbocycles. The number of rotatable bonds is 7. The predicted octanol–water partition coefficient (Wildman–Crippen LogP) is 0.792. The molecule has 1 atom stereocenters. The lowest BCUT2D eigenvalue weighted by Gasteiger charge is -2.15. The van der Waals surface area contributed by atoms with Gasteiger partial charge in [-0.05, 0) is 17.7 Å². The third-order valence-electron chi connectivity index (χ3n) is 2.34. The zero-order chi connectivity index (χ0) is 11.8. The van der Waals surface area contributed by atoms with Crippen molar-refractivity contribution in [3.8, 4) is 5.75 Å². The Morgan fingerprint density at radius 3 is 2.44 bits per heavy atom. The van der Waals surface area contributed by atoms with Gasteiger partial charge in [0.1, 0.15) is 5.75 Å². The average Bonchev–Trinajstić information content (AvgIpc) is 2.35. The summed E-state index contributed by atoms with van der Waals surface area (Å²) in [5.41, 5.74) is 1.15. The fourth-order valence-electron chi connectivity index (χ4n) is 1.38. The molecule has 0 amide bonds. The summed E-state index contributed by atoms with van der Waals surface area (Å²) in [5.74, 6) is 0.847. The Morgan fingerprint density at radius 1 is 1.25 bits per heavy atom. The normalized spacial score (nSPS) is 12.4. The van der Waals surface area contributed by atoms with E-state index in [0.29, 0.717) is 13.2 Å². The van der Waals surface area contributed by atoms with E-state index in [-0.39, 0.29) is 12.6 Å². The van der Waals surface area contributed by atoms with Gasteiger partial charge in [0.05, 0.1) is 26.4 Å². The number of hydrogen-bond donors (Lipinski definition) is 2. The highest BCUT2D eigenvalue weighted by molar-refractivity contribution is 5.27. The molecule has 0 fully saturated rings. The van der Waals surface area contributed by atoms with Crippen LogP contribution in [0.15, 0.2) is 24.3 Å². The molecule has 0 saturated heterocycles. The Labute approximate surface area is 96.2 Å². The van der Waals surface area contributed by atoms with Crippen LogP contribution in [0.3, 0.4) is 0 Å². The third kappa shape index (κ3) is 4.18. The number of nitrogens with one attached hydrogen (secondary N) is 1. The lowest BCUT2D eigenvalue weighted by atomic mass is 10.2. The van der Waals surface area contributed by atoms with Crippen LogP contribution in [0.1, 0.15) is 5.56 Å². The lowest BCUT2D eigenvalue weighted by molar-refractivity contribution is 0.128. The van der Waals surface area contributed by atoms with Crippen molar-refractivity contribution in [2.45, 2.75) is 12.6 Å². The van der Waals surface area contributed by atoms with Gasteiger partial charge in [0, 0.05) is 13.7 Å².